The summed E-state index contributed by atoms with van der Waals surface area (Å²) in [5.74, 6) is 0.414. The van der Waals surface area contributed by atoms with E-state index in [4.69, 9.17) is 5.11 Å². The fraction of sp³-hybridized carbons (Fsp3) is 0.364. The van der Waals surface area contributed by atoms with Gasteiger partial charge in [-0.1, -0.05) is 26.0 Å². The van der Waals surface area contributed by atoms with Crippen molar-refractivity contribution in [2.75, 3.05) is 11.9 Å². The van der Waals surface area contributed by atoms with E-state index in [9.17, 15) is 4.79 Å². The SMILES string of the molecule is CC(C)c1cccc(N(C)C(=O)O)c1. The topological polar surface area (TPSA) is 40.5 Å². The minimum atomic E-state index is -0.939. The lowest BCUT2D eigenvalue weighted by molar-refractivity contribution is 0.203. The number of hydrogen-bond donors (Lipinski definition) is 1. The summed E-state index contributed by atoms with van der Waals surface area (Å²) in [6.07, 6.45) is -0.939. The fourth-order valence-corrected chi connectivity index (χ4v) is 1.20. The van der Waals surface area contributed by atoms with Gasteiger partial charge in [0.25, 0.3) is 0 Å². The normalized spacial score (nSPS) is 10.3. The average Bonchev–Trinajstić information content (AvgIpc) is 2.16. The number of carbonyl (C=O) groups is 1. The van der Waals surface area contributed by atoms with E-state index in [1.165, 1.54) is 4.90 Å². The summed E-state index contributed by atoms with van der Waals surface area (Å²) in [6.45, 7) is 4.17. The van der Waals surface area contributed by atoms with Crippen molar-refractivity contribution >= 4 is 11.8 Å². The van der Waals surface area contributed by atoms with Crippen molar-refractivity contribution < 1.29 is 9.90 Å². The second-order valence-electron chi connectivity index (χ2n) is 3.59. The van der Waals surface area contributed by atoms with Gasteiger partial charge in [0, 0.05) is 12.7 Å². The number of carboxylic acid groups (broad SMARTS) is 1. The van der Waals surface area contributed by atoms with Crippen LogP contribution in [-0.4, -0.2) is 18.2 Å². The van der Waals surface area contributed by atoms with E-state index in [1.54, 1.807) is 13.1 Å². The van der Waals surface area contributed by atoms with E-state index in [-0.39, 0.29) is 0 Å². The van der Waals surface area contributed by atoms with Gasteiger partial charge >= 0.3 is 6.09 Å². The Morgan fingerprint density at radius 2 is 2.07 bits per heavy atom. The van der Waals surface area contributed by atoms with Crippen LogP contribution in [0.15, 0.2) is 24.3 Å². The Labute approximate surface area is 84.0 Å². The summed E-state index contributed by atoms with van der Waals surface area (Å²) >= 11 is 0. The zero-order valence-corrected chi connectivity index (χ0v) is 8.69. The lowest BCUT2D eigenvalue weighted by Crippen LogP contribution is -2.23. The lowest BCUT2D eigenvalue weighted by Gasteiger charge is -2.15. The van der Waals surface area contributed by atoms with Gasteiger partial charge in [-0.3, -0.25) is 4.90 Å². The maximum Gasteiger partial charge on any atom is 0.411 e. The molecule has 3 nitrogen and oxygen atoms in total. The predicted octanol–water partition coefficient (Wildman–Crippen LogP) is 2.92. The first kappa shape index (κ1) is 10.6. The Kier molecular flexibility index (Phi) is 3.12. The van der Waals surface area contributed by atoms with Gasteiger partial charge in [0.15, 0.2) is 0 Å². The summed E-state index contributed by atoms with van der Waals surface area (Å²) in [5, 5.41) is 8.79. The zero-order valence-electron chi connectivity index (χ0n) is 8.69. The summed E-state index contributed by atoms with van der Waals surface area (Å²) in [7, 11) is 1.54. The Hall–Kier alpha value is -1.51. The van der Waals surface area contributed by atoms with Gasteiger partial charge in [0.05, 0.1) is 0 Å². The smallest absolute Gasteiger partial charge is 0.411 e. The molecule has 0 aliphatic carbocycles. The van der Waals surface area contributed by atoms with Gasteiger partial charge in [-0.25, -0.2) is 4.79 Å². The van der Waals surface area contributed by atoms with Crippen LogP contribution in [0.2, 0.25) is 0 Å². The zero-order chi connectivity index (χ0) is 10.7. The van der Waals surface area contributed by atoms with E-state index in [0.717, 1.165) is 5.56 Å². The van der Waals surface area contributed by atoms with Crippen LogP contribution in [0.1, 0.15) is 25.3 Å². The molecule has 0 aliphatic heterocycles. The van der Waals surface area contributed by atoms with Crippen molar-refractivity contribution in [1.29, 1.82) is 0 Å². The third-order valence-electron chi connectivity index (χ3n) is 2.21. The summed E-state index contributed by atoms with van der Waals surface area (Å²) in [5.41, 5.74) is 1.86. The minimum absolute atomic E-state index is 0.414. The third kappa shape index (κ3) is 2.25. The first-order valence-corrected chi connectivity index (χ1v) is 4.59. The molecule has 1 aromatic rings. The summed E-state index contributed by atoms with van der Waals surface area (Å²) in [6, 6.07) is 7.58. The highest BCUT2D eigenvalue weighted by atomic mass is 16.4. The summed E-state index contributed by atoms with van der Waals surface area (Å²) < 4.78 is 0. The number of nitrogens with zero attached hydrogens (tertiary/aromatic N) is 1. The molecule has 0 unspecified atom stereocenters. The molecule has 14 heavy (non-hydrogen) atoms. The molecule has 76 valence electrons. The molecular weight excluding hydrogens is 178 g/mol. The van der Waals surface area contributed by atoms with Crippen LogP contribution in [0, 0.1) is 0 Å². The number of benzene rings is 1. The van der Waals surface area contributed by atoms with E-state index >= 15 is 0 Å². The van der Waals surface area contributed by atoms with Gasteiger partial charge < -0.3 is 5.11 Å². The largest absolute Gasteiger partial charge is 0.465 e. The van der Waals surface area contributed by atoms with Crippen LogP contribution < -0.4 is 4.90 Å². The van der Waals surface area contributed by atoms with Crippen LogP contribution in [0.3, 0.4) is 0 Å². The average molecular weight is 193 g/mol. The third-order valence-corrected chi connectivity index (χ3v) is 2.21. The highest BCUT2D eigenvalue weighted by Crippen LogP contribution is 2.20. The molecule has 0 atom stereocenters. The second kappa shape index (κ2) is 4.13. The van der Waals surface area contributed by atoms with Crippen LogP contribution in [0.4, 0.5) is 10.5 Å². The van der Waals surface area contributed by atoms with Crippen LogP contribution in [-0.2, 0) is 0 Å². The molecule has 0 heterocycles. The molecule has 1 rings (SSSR count). The Morgan fingerprint density at radius 1 is 1.43 bits per heavy atom. The van der Waals surface area contributed by atoms with E-state index < -0.39 is 6.09 Å². The molecule has 0 radical (unpaired) electrons. The molecule has 3 heteroatoms. The highest BCUT2D eigenvalue weighted by molar-refractivity contribution is 5.85. The molecule has 1 amide bonds. The van der Waals surface area contributed by atoms with E-state index in [0.29, 0.717) is 11.6 Å². The van der Waals surface area contributed by atoms with Gasteiger partial charge in [-0.15, -0.1) is 0 Å². The number of rotatable bonds is 2. The molecule has 1 aromatic carbocycles. The fourth-order valence-electron chi connectivity index (χ4n) is 1.20. The van der Waals surface area contributed by atoms with Crippen molar-refractivity contribution in [3.05, 3.63) is 29.8 Å². The maximum absolute atomic E-state index is 10.7. The Morgan fingerprint density at radius 3 is 2.57 bits per heavy atom. The van der Waals surface area contributed by atoms with E-state index in [2.05, 4.69) is 13.8 Å². The Bertz CT molecular complexity index is 334. The molecule has 0 spiro atoms. The molecule has 0 aromatic heterocycles. The second-order valence-corrected chi connectivity index (χ2v) is 3.59. The van der Waals surface area contributed by atoms with Gasteiger partial charge in [0.1, 0.15) is 0 Å². The van der Waals surface area contributed by atoms with Crippen LogP contribution in [0.5, 0.6) is 0 Å². The minimum Gasteiger partial charge on any atom is -0.465 e. The predicted molar refractivity (Wildman–Crippen MR) is 57.0 cm³/mol. The number of amides is 1. The number of anilines is 1. The molecule has 0 saturated heterocycles. The quantitative estimate of drug-likeness (QED) is 0.784. The highest BCUT2D eigenvalue weighted by Gasteiger charge is 2.09. The van der Waals surface area contributed by atoms with E-state index in [1.807, 2.05) is 18.2 Å². The number of hydrogen-bond acceptors (Lipinski definition) is 1. The standard InChI is InChI=1S/C11H15NO2/c1-8(2)9-5-4-6-10(7-9)12(3)11(13)14/h4-8H,1-3H3,(H,13,14). The molecule has 0 fully saturated rings. The molecular formula is C11H15NO2. The van der Waals surface area contributed by atoms with Crippen molar-refractivity contribution in [3.63, 3.8) is 0 Å². The monoisotopic (exact) mass is 193 g/mol. The molecule has 1 N–H and O–H groups in total. The maximum atomic E-state index is 10.7. The van der Waals surface area contributed by atoms with Crippen molar-refractivity contribution in [3.8, 4) is 0 Å². The lowest BCUT2D eigenvalue weighted by atomic mass is 10.0. The van der Waals surface area contributed by atoms with Crippen molar-refractivity contribution in [2.24, 2.45) is 0 Å². The van der Waals surface area contributed by atoms with Gasteiger partial charge in [0.2, 0.25) is 0 Å². The van der Waals surface area contributed by atoms with Gasteiger partial charge in [-0.2, -0.15) is 0 Å². The molecule has 0 bridgehead atoms. The summed E-state index contributed by atoms with van der Waals surface area (Å²) in [4.78, 5) is 11.9. The molecule has 0 saturated carbocycles. The van der Waals surface area contributed by atoms with Gasteiger partial charge in [-0.05, 0) is 23.6 Å². The van der Waals surface area contributed by atoms with Crippen molar-refractivity contribution in [1.82, 2.24) is 0 Å². The first-order valence-electron chi connectivity index (χ1n) is 4.59. The van der Waals surface area contributed by atoms with Crippen LogP contribution in [0.25, 0.3) is 0 Å². The Balaban J connectivity index is 2.99. The molecule has 0 aliphatic rings. The van der Waals surface area contributed by atoms with Crippen molar-refractivity contribution in [2.45, 2.75) is 19.8 Å². The van der Waals surface area contributed by atoms with Crippen LogP contribution >= 0.6 is 0 Å². The first-order chi connectivity index (χ1) is 6.52.